The van der Waals surface area contributed by atoms with Crippen molar-refractivity contribution < 1.29 is 0 Å². The summed E-state index contributed by atoms with van der Waals surface area (Å²) in [6.45, 7) is 0. The van der Waals surface area contributed by atoms with Gasteiger partial charge in [0.25, 0.3) is 0 Å². The van der Waals surface area contributed by atoms with Gasteiger partial charge in [-0.15, -0.1) is 0 Å². The van der Waals surface area contributed by atoms with E-state index in [0.29, 0.717) is 0 Å². The molecule has 6 rings (SSSR count). The maximum absolute atomic E-state index is 4.81. The van der Waals surface area contributed by atoms with Crippen molar-refractivity contribution in [2.75, 3.05) is 0 Å². The summed E-state index contributed by atoms with van der Waals surface area (Å²) in [6, 6.07) is 10.1. The Morgan fingerprint density at radius 2 is 1.90 bits per heavy atom. The Morgan fingerprint density at radius 3 is 2.76 bits per heavy atom. The van der Waals surface area contributed by atoms with E-state index in [1.165, 1.54) is 11.9 Å². The highest BCUT2D eigenvalue weighted by Crippen LogP contribution is 2.33. The van der Waals surface area contributed by atoms with Crippen LogP contribution in [0.2, 0.25) is 0 Å². The van der Waals surface area contributed by atoms with Crippen molar-refractivity contribution in [1.82, 2.24) is 35.1 Å². The molecule has 0 saturated heterocycles. The second-order valence-electron chi connectivity index (χ2n) is 6.61. The van der Waals surface area contributed by atoms with Gasteiger partial charge in [-0.2, -0.15) is 16.4 Å². The van der Waals surface area contributed by atoms with Crippen molar-refractivity contribution in [1.29, 1.82) is 0 Å². The molecule has 0 aliphatic heterocycles. The molecule has 0 bridgehead atoms. The van der Waals surface area contributed by atoms with Crippen LogP contribution in [0.1, 0.15) is 0 Å². The van der Waals surface area contributed by atoms with E-state index < -0.39 is 0 Å². The lowest BCUT2D eigenvalue weighted by Crippen LogP contribution is -1.87. The zero-order valence-electron chi connectivity index (χ0n) is 15.0. The minimum atomic E-state index is 0.757. The molecule has 0 saturated carbocycles. The van der Waals surface area contributed by atoms with Crippen molar-refractivity contribution in [2.24, 2.45) is 0 Å². The normalized spacial score (nSPS) is 11.4. The number of nitrogens with zero attached hydrogens (tertiary/aromatic N) is 5. The SMILES string of the molecule is c1ncc(-c2ccc3[nH]nc(-c4cc5c(-c6ccsc6)ccnc5[nH]4)c3n2)cn1. The van der Waals surface area contributed by atoms with Crippen LogP contribution < -0.4 is 0 Å². The van der Waals surface area contributed by atoms with Crippen LogP contribution in [0.4, 0.5) is 0 Å². The number of aromatic nitrogens is 7. The van der Waals surface area contributed by atoms with Crippen LogP contribution in [0, 0.1) is 0 Å². The maximum Gasteiger partial charge on any atom is 0.138 e. The summed E-state index contributed by atoms with van der Waals surface area (Å²) in [5.74, 6) is 0. The van der Waals surface area contributed by atoms with E-state index in [1.54, 1.807) is 23.7 Å². The van der Waals surface area contributed by atoms with Crippen molar-refractivity contribution in [3.8, 4) is 33.8 Å². The Balaban J connectivity index is 1.53. The van der Waals surface area contributed by atoms with Gasteiger partial charge in [0.15, 0.2) is 0 Å². The van der Waals surface area contributed by atoms with E-state index in [0.717, 1.165) is 50.3 Å². The first-order valence-corrected chi connectivity index (χ1v) is 9.92. The van der Waals surface area contributed by atoms with Gasteiger partial charge in [0, 0.05) is 29.5 Å². The number of hydrogen-bond acceptors (Lipinski definition) is 6. The molecule has 7 nitrogen and oxygen atoms in total. The minimum absolute atomic E-state index is 0.757. The number of fused-ring (bicyclic) bond motifs is 2. The molecule has 0 aromatic carbocycles. The minimum Gasteiger partial charge on any atom is -0.338 e. The van der Waals surface area contributed by atoms with Gasteiger partial charge in [-0.25, -0.2) is 19.9 Å². The number of aromatic amines is 2. The molecule has 138 valence electrons. The Bertz CT molecular complexity index is 1450. The monoisotopic (exact) mass is 395 g/mol. The van der Waals surface area contributed by atoms with Crippen LogP contribution in [0.5, 0.6) is 0 Å². The van der Waals surface area contributed by atoms with Gasteiger partial charge in [0.05, 0.1) is 16.9 Å². The average Bonchev–Trinajstić information content (AvgIpc) is 3.52. The van der Waals surface area contributed by atoms with Gasteiger partial charge in [-0.1, -0.05) is 0 Å². The van der Waals surface area contributed by atoms with Crippen LogP contribution in [0.15, 0.2) is 66.0 Å². The van der Waals surface area contributed by atoms with E-state index in [2.05, 4.69) is 53.0 Å². The molecule has 6 aromatic heterocycles. The second kappa shape index (κ2) is 6.32. The topological polar surface area (TPSA) is 96.0 Å². The van der Waals surface area contributed by atoms with E-state index in [1.807, 2.05) is 24.4 Å². The third kappa shape index (κ3) is 2.61. The van der Waals surface area contributed by atoms with Crippen LogP contribution >= 0.6 is 11.3 Å². The summed E-state index contributed by atoms with van der Waals surface area (Å²) < 4.78 is 0. The fraction of sp³-hybridized carbons (Fsp3) is 0. The van der Waals surface area contributed by atoms with Gasteiger partial charge in [0.1, 0.15) is 23.2 Å². The summed E-state index contributed by atoms with van der Waals surface area (Å²) in [5.41, 5.74) is 8.10. The number of H-pyrrole nitrogens is 2. The molecule has 0 fully saturated rings. The fourth-order valence-corrected chi connectivity index (χ4v) is 4.16. The molecule has 0 aliphatic rings. The molecular formula is C21H13N7S. The zero-order valence-corrected chi connectivity index (χ0v) is 15.8. The highest BCUT2D eigenvalue weighted by atomic mass is 32.1. The summed E-state index contributed by atoms with van der Waals surface area (Å²) in [6.07, 6.45) is 6.83. The second-order valence-corrected chi connectivity index (χ2v) is 7.39. The number of nitrogens with one attached hydrogen (secondary N) is 2. The largest absolute Gasteiger partial charge is 0.338 e. The summed E-state index contributed by atoms with van der Waals surface area (Å²) in [7, 11) is 0. The third-order valence-corrected chi connectivity index (χ3v) is 5.57. The van der Waals surface area contributed by atoms with Gasteiger partial charge >= 0.3 is 0 Å². The summed E-state index contributed by atoms with van der Waals surface area (Å²) >= 11 is 1.68. The molecule has 6 heterocycles. The molecule has 0 spiro atoms. The predicted octanol–water partition coefficient (Wildman–Crippen LogP) is 4.69. The highest BCUT2D eigenvalue weighted by molar-refractivity contribution is 7.08. The molecule has 0 unspecified atom stereocenters. The molecular weight excluding hydrogens is 382 g/mol. The standard InChI is InChI=1S/C21H13N7S/c1-2-17-19(25-16(1)13-8-22-11-23-9-13)20(28-27-17)18-7-15-14(12-4-6-29-10-12)3-5-24-21(15)26-18/h1-11H,(H,24,26)(H,27,28). The van der Waals surface area contributed by atoms with Crippen molar-refractivity contribution in [3.63, 3.8) is 0 Å². The smallest absolute Gasteiger partial charge is 0.138 e. The van der Waals surface area contributed by atoms with Crippen molar-refractivity contribution in [3.05, 3.63) is 66.0 Å². The van der Waals surface area contributed by atoms with Crippen molar-refractivity contribution in [2.45, 2.75) is 0 Å². The first-order valence-electron chi connectivity index (χ1n) is 8.98. The van der Waals surface area contributed by atoms with E-state index in [9.17, 15) is 0 Å². The van der Waals surface area contributed by atoms with E-state index in [-0.39, 0.29) is 0 Å². The summed E-state index contributed by atoms with van der Waals surface area (Å²) in [5, 5.41) is 12.9. The fourth-order valence-electron chi connectivity index (χ4n) is 3.50. The molecule has 29 heavy (non-hydrogen) atoms. The maximum atomic E-state index is 4.81. The first kappa shape index (κ1) is 16.1. The zero-order chi connectivity index (χ0) is 19.2. The van der Waals surface area contributed by atoms with E-state index in [4.69, 9.17) is 4.98 Å². The Hall–Kier alpha value is -3.91. The van der Waals surface area contributed by atoms with Gasteiger partial charge in [-0.3, -0.25) is 5.10 Å². The molecule has 0 aliphatic carbocycles. The Morgan fingerprint density at radius 1 is 0.966 bits per heavy atom. The number of rotatable bonds is 3. The van der Waals surface area contributed by atoms with Crippen LogP contribution in [-0.2, 0) is 0 Å². The number of pyridine rings is 2. The Labute approximate surface area is 168 Å². The van der Waals surface area contributed by atoms with Gasteiger partial charge in [-0.05, 0) is 52.2 Å². The molecule has 0 atom stereocenters. The molecule has 8 heteroatoms. The predicted molar refractivity (Wildman–Crippen MR) is 113 cm³/mol. The van der Waals surface area contributed by atoms with Crippen LogP contribution in [0.3, 0.4) is 0 Å². The lowest BCUT2D eigenvalue weighted by molar-refractivity contribution is 1.12. The number of thiophene rings is 1. The molecule has 2 N–H and O–H groups in total. The van der Waals surface area contributed by atoms with Crippen molar-refractivity contribution >= 4 is 33.4 Å². The first-order chi connectivity index (χ1) is 14.4. The third-order valence-electron chi connectivity index (χ3n) is 4.88. The molecule has 0 amide bonds. The quantitative estimate of drug-likeness (QED) is 0.453. The average molecular weight is 395 g/mol. The number of hydrogen-bond donors (Lipinski definition) is 2. The van der Waals surface area contributed by atoms with Gasteiger partial charge in [0.2, 0.25) is 0 Å². The summed E-state index contributed by atoms with van der Waals surface area (Å²) in [4.78, 5) is 20.9. The van der Waals surface area contributed by atoms with Crippen LogP contribution in [-0.4, -0.2) is 35.1 Å². The molecule has 6 aromatic rings. The molecule has 0 radical (unpaired) electrons. The Kier molecular flexibility index (Phi) is 3.50. The lowest BCUT2D eigenvalue weighted by atomic mass is 10.1. The van der Waals surface area contributed by atoms with Gasteiger partial charge < -0.3 is 4.98 Å². The highest BCUT2D eigenvalue weighted by Gasteiger charge is 2.16. The van der Waals surface area contributed by atoms with E-state index >= 15 is 0 Å². The van der Waals surface area contributed by atoms with Crippen LogP contribution in [0.25, 0.3) is 55.8 Å². The lowest BCUT2D eigenvalue weighted by Gasteiger charge is -2.00.